The first-order valence-electron chi connectivity index (χ1n) is 5.22. The maximum atomic E-state index is 3.55. The Morgan fingerprint density at radius 1 is 0.857 bits per heavy atom. The molecule has 0 bridgehead atoms. The van der Waals surface area contributed by atoms with Crippen LogP contribution in [0.1, 0.15) is 43.6 Å². The molecule has 0 aromatic heterocycles. The largest absolute Gasteiger partial charge is 0.0533 e. The molecule has 0 unspecified atom stereocenters. The molecule has 0 nitrogen and oxygen atoms in total. The van der Waals surface area contributed by atoms with Gasteiger partial charge >= 0.3 is 0 Å². The zero-order valence-electron chi connectivity index (χ0n) is 8.10. The number of benzene rings is 1. The van der Waals surface area contributed by atoms with Gasteiger partial charge in [-0.15, -0.1) is 0 Å². The van der Waals surface area contributed by atoms with Gasteiger partial charge in [-0.1, -0.05) is 51.1 Å². The molecule has 1 saturated carbocycles. The fraction of sp³-hybridized carbons (Fsp3) is 0.500. The smallest absolute Gasteiger partial charge is 0.0189 e. The molecular weight excluding hydrogens is 304 g/mol. The van der Waals surface area contributed by atoms with E-state index in [1.807, 2.05) is 0 Å². The van der Waals surface area contributed by atoms with Crippen LogP contribution in [0.3, 0.4) is 0 Å². The highest BCUT2D eigenvalue weighted by Crippen LogP contribution is 2.35. The molecule has 2 heteroatoms. The van der Waals surface area contributed by atoms with E-state index in [0.29, 0.717) is 0 Å². The van der Waals surface area contributed by atoms with Gasteiger partial charge in [-0.2, -0.15) is 0 Å². The van der Waals surface area contributed by atoms with E-state index in [9.17, 15) is 0 Å². The molecule has 0 spiro atoms. The normalized spacial score (nSPS) is 18.4. The summed E-state index contributed by atoms with van der Waals surface area (Å²) in [5, 5.41) is 0. The first kappa shape index (κ1) is 10.7. The van der Waals surface area contributed by atoms with Gasteiger partial charge in [0.05, 0.1) is 0 Å². The Bertz CT molecular complexity index is 294. The van der Waals surface area contributed by atoms with Gasteiger partial charge in [-0.25, -0.2) is 0 Å². The topological polar surface area (TPSA) is 0 Å². The fourth-order valence-electron chi connectivity index (χ4n) is 2.25. The summed E-state index contributed by atoms with van der Waals surface area (Å²) in [5.41, 5.74) is 1.49. The van der Waals surface area contributed by atoms with E-state index in [1.54, 1.807) is 0 Å². The second-order valence-corrected chi connectivity index (χ2v) is 5.87. The maximum Gasteiger partial charge on any atom is 0.0189 e. The fourth-order valence-corrected chi connectivity index (χ4v) is 3.58. The highest BCUT2D eigenvalue weighted by atomic mass is 79.9. The molecule has 0 aliphatic heterocycles. The average molecular weight is 318 g/mol. The maximum absolute atomic E-state index is 3.55. The van der Waals surface area contributed by atoms with Crippen LogP contribution in [-0.2, 0) is 0 Å². The molecule has 2 rings (SSSR count). The molecule has 0 atom stereocenters. The lowest BCUT2D eigenvalue weighted by Crippen LogP contribution is -2.04. The van der Waals surface area contributed by atoms with Crippen molar-refractivity contribution >= 4 is 31.9 Å². The quantitative estimate of drug-likeness (QED) is 0.662. The molecule has 0 amide bonds. The van der Waals surface area contributed by atoms with Crippen LogP contribution < -0.4 is 0 Å². The van der Waals surface area contributed by atoms with Crippen molar-refractivity contribution in [3.8, 4) is 0 Å². The summed E-state index contributed by atoms with van der Waals surface area (Å²) >= 11 is 7.10. The highest BCUT2D eigenvalue weighted by Gasteiger charge is 2.15. The van der Waals surface area contributed by atoms with Crippen LogP contribution in [0.5, 0.6) is 0 Å². The first-order valence-corrected chi connectivity index (χ1v) is 6.80. The van der Waals surface area contributed by atoms with E-state index in [4.69, 9.17) is 0 Å². The lowest BCUT2D eigenvalue weighted by atomic mass is 9.84. The summed E-state index contributed by atoms with van der Waals surface area (Å²) in [6, 6.07) is 6.63. The van der Waals surface area contributed by atoms with Crippen molar-refractivity contribution in [1.29, 1.82) is 0 Å². The Hall–Kier alpha value is 0.180. The zero-order chi connectivity index (χ0) is 9.97. The minimum Gasteiger partial charge on any atom is -0.0533 e. The Labute approximate surface area is 102 Å². The Morgan fingerprint density at radius 2 is 1.43 bits per heavy atom. The van der Waals surface area contributed by atoms with E-state index in [1.165, 1.54) is 46.6 Å². The lowest BCUT2D eigenvalue weighted by molar-refractivity contribution is 0.443. The summed E-state index contributed by atoms with van der Waals surface area (Å²) in [7, 11) is 0. The number of hydrogen-bond acceptors (Lipinski definition) is 0. The van der Waals surface area contributed by atoms with Crippen molar-refractivity contribution in [2.24, 2.45) is 0 Å². The lowest BCUT2D eigenvalue weighted by Gasteiger charge is -2.22. The third kappa shape index (κ3) is 2.60. The minimum atomic E-state index is 0.789. The van der Waals surface area contributed by atoms with Crippen LogP contribution in [0.4, 0.5) is 0 Å². The van der Waals surface area contributed by atoms with Crippen LogP contribution in [0.25, 0.3) is 0 Å². The van der Waals surface area contributed by atoms with Gasteiger partial charge in [0.15, 0.2) is 0 Å². The third-order valence-electron chi connectivity index (χ3n) is 2.96. The van der Waals surface area contributed by atoms with Crippen LogP contribution in [-0.4, -0.2) is 0 Å². The van der Waals surface area contributed by atoms with Crippen LogP contribution in [0, 0.1) is 0 Å². The van der Waals surface area contributed by atoms with Gasteiger partial charge in [0, 0.05) is 8.95 Å². The first-order chi connectivity index (χ1) is 6.75. The summed E-state index contributed by atoms with van der Waals surface area (Å²) in [5.74, 6) is 0.789. The number of hydrogen-bond donors (Lipinski definition) is 0. The Morgan fingerprint density at radius 3 is 2.00 bits per heavy atom. The molecule has 0 saturated heterocycles. The average Bonchev–Trinajstić information content (AvgIpc) is 2.18. The van der Waals surface area contributed by atoms with Crippen molar-refractivity contribution in [3.63, 3.8) is 0 Å². The van der Waals surface area contributed by atoms with Gasteiger partial charge in [0.2, 0.25) is 0 Å². The monoisotopic (exact) mass is 316 g/mol. The van der Waals surface area contributed by atoms with Crippen molar-refractivity contribution in [2.45, 2.75) is 38.0 Å². The van der Waals surface area contributed by atoms with Gasteiger partial charge in [-0.3, -0.25) is 0 Å². The summed E-state index contributed by atoms with van der Waals surface area (Å²) in [4.78, 5) is 0. The molecule has 1 aromatic rings. The van der Waals surface area contributed by atoms with E-state index in [-0.39, 0.29) is 0 Å². The van der Waals surface area contributed by atoms with Crippen LogP contribution in [0.15, 0.2) is 27.1 Å². The zero-order valence-corrected chi connectivity index (χ0v) is 11.3. The SMILES string of the molecule is Brc1cc(Br)cc(C2CCCCC2)c1. The van der Waals surface area contributed by atoms with Crippen molar-refractivity contribution in [2.75, 3.05) is 0 Å². The standard InChI is InChI=1S/C12H14Br2/c13-11-6-10(7-12(14)8-11)9-4-2-1-3-5-9/h6-9H,1-5H2. The van der Waals surface area contributed by atoms with E-state index < -0.39 is 0 Å². The predicted octanol–water partition coefficient (Wildman–Crippen LogP) is 5.26. The number of rotatable bonds is 1. The molecule has 1 fully saturated rings. The second kappa shape index (κ2) is 4.80. The van der Waals surface area contributed by atoms with E-state index in [2.05, 4.69) is 50.1 Å². The van der Waals surface area contributed by atoms with Gasteiger partial charge in [0.1, 0.15) is 0 Å². The highest BCUT2D eigenvalue weighted by molar-refractivity contribution is 9.11. The van der Waals surface area contributed by atoms with Crippen LogP contribution >= 0.6 is 31.9 Å². The molecule has 0 heterocycles. The summed E-state index contributed by atoms with van der Waals surface area (Å²) in [6.07, 6.45) is 6.95. The third-order valence-corrected chi connectivity index (χ3v) is 3.88. The van der Waals surface area contributed by atoms with Gasteiger partial charge < -0.3 is 0 Å². The molecule has 0 radical (unpaired) electrons. The van der Waals surface area contributed by atoms with E-state index in [0.717, 1.165) is 5.92 Å². The summed E-state index contributed by atoms with van der Waals surface area (Å²) < 4.78 is 2.37. The molecule has 1 aliphatic rings. The van der Waals surface area contributed by atoms with Gasteiger partial charge in [-0.05, 0) is 42.5 Å². The summed E-state index contributed by atoms with van der Waals surface area (Å²) in [6.45, 7) is 0. The van der Waals surface area contributed by atoms with Crippen LogP contribution in [0.2, 0.25) is 0 Å². The molecular formula is C12H14Br2. The van der Waals surface area contributed by atoms with Crippen molar-refractivity contribution in [1.82, 2.24) is 0 Å². The van der Waals surface area contributed by atoms with Gasteiger partial charge in [0.25, 0.3) is 0 Å². The molecule has 14 heavy (non-hydrogen) atoms. The molecule has 76 valence electrons. The second-order valence-electron chi connectivity index (χ2n) is 4.04. The van der Waals surface area contributed by atoms with Crippen molar-refractivity contribution in [3.05, 3.63) is 32.7 Å². The van der Waals surface area contributed by atoms with E-state index >= 15 is 0 Å². The Kier molecular flexibility index (Phi) is 3.67. The molecule has 0 N–H and O–H groups in total. The number of halogens is 2. The predicted molar refractivity (Wildman–Crippen MR) is 67.7 cm³/mol. The molecule has 1 aromatic carbocycles. The minimum absolute atomic E-state index is 0.789. The van der Waals surface area contributed by atoms with Crippen molar-refractivity contribution < 1.29 is 0 Å². The Balaban J connectivity index is 2.21. The molecule has 1 aliphatic carbocycles.